The Bertz CT molecular complexity index is 402. The number of nitrogens with two attached hydrogens (primary N) is 1. The fraction of sp³-hybridized carbons (Fsp3) is 0.222. The van der Waals surface area contributed by atoms with Gasteiger partial charge in [0.15, 0.2) is 11.6 Å². The minimum atomic E-state index is 0.465. The summed E-state index contributed by atoms with van der Waals surface area (Å²) in [4.78, 5) is 7.20. The normalized spacial score (nSPS) is 10.6. The summed E-state index contributed by atoms with van der Waals surface area (Å²) >= 11 is 0. The predicted octanol–water partition coefficient (Wildman–Crippen LogP) is 1.44. The van der Waals surface area contributed by atoms with Crippen LogP contribution in [-0.2, 0) is 6.54 Å². The Labute approximate surface area is 75.8 Å². The van der Waals surface area contributed by atoms with E-state index in [1.807, 2.05) is 19.1 Å². The predicted molar refractivity (Wildman–Crippen MR) is 48.9 cm³/mol. The highest BCUT2D eigenvalue weighted by Crippen LogP contribution is 2.18. The Balaban J connectivity index is 2.35. The van der Waals surface area contributed by atoms with Crippen molar-refractivity contribution in [2.24, 2.45) is 5.73 Å². The molecular weight excluding hydrogens is 166 g/mol. The van der Waals surface area contributed by atoms with Crippen molar-refractivity contribution in [2.75, 3.05) is 0 Å². The smallest absolute Gasteiger partial charge is 0.173 e. The number of aryl methyl sites for hydroxylation is 1. The molecule has 0 amide bonds. The van der Waals surface area contributed by atoms with E-state index in [4.69, 9.17) is 10.2 Å². The van der Waals surface area contributed by atoms with Crippen LogP contribution in [0, 0.1) is 6.92 Å². The van der Waals surface area contributed by atoms with Gasteiger partial charge in [0.2, 0.25) is 0 Å². The van der Waals surface area contributed by atoms with Crippen LogP contribution in [0.5, 0.6) is 0 Å². The van der Waals surface area contributed by atoms with Crippen molar-refractivity contribution < 1.29 is 4.42 Å². The van der Waals surface area contributed by atoms with Crippen molar-refractivity contribution in [1.29, 1.82) is 0 Å². The first kappa shape index (κ1) is 8.07. The average Bonchev–Trinajstić information content (AvgIpc) is 2.71. The summed E-state index contributed by atoms with van der Waals surface area (Å²) in [5.41, 5.74) is 6.35. The lowest BCUT2D eigenvalue weighted by Gasteiger charge is -1.89. The van der Waals surface area contributed by atoms with Gasteiger partial charge in [-0.2, -0.15) is 0 Å². The van der Waals surface area contributed by atoms with Crippen LogP contribution in [0.15, 0.2) is 22.7 Å². The molecule has 0 fully saturated rings. The summed E-state index contributed by atoms with van der Waals surface area (Å²) in [5, 5.41) is 0. The molecule has 4 heteroatoms. The van der Waals surface area contributed by atoms with E-state index in [-0.39, 0.29) is 0 Å². The molecule has 0 spiro atoms. The van der Waals surface area contributed by atoms with Crippen LogP contribution < -0.4 is 5.73 Å². The lowest BCUT2D eigenvalue weighted by atomic mass is 10.4. The van der Waals surface area contributed by atoms with Crippen LogP contribution in [0.25, 0.3) is 11.6 Å². The first-order chi connectivity index (χ1) is 6.29. The minimum Gasteiger partial charge on any atom is -0.458 e. The highest BCUT2D eigenvalue weighted by Gasteiger charge is 2.05. The zero-order chi connectivity index (χ0) is 9.26. The number of hydrogen-bond acceptors (Lipinski definition) is 3. The Kier molecular flexibility index (Phi) is 1.90. The van der Waals surface area contributed by atoms with Gasteiger partial charge in [-0.05, 0) is 19.1 Å². The SMILES string of the molecule is Cc1ccc(-c2ncc(CN)[nH]2)o1. The lowest BCUT2D eigenvalue weighted by Crippen LogP contribution is -1.95. The third kappa shape index (κ3) is 1.48. The van der Waals surface area contributed by atoms with E-state index >= 15 is 0 Å². The molecule has 2 rings (SSSR count). The zero-order valence-electron chi connectivity index (χ0n) is 7.37. The van der Waals surface area contributed by atoms with Crippen molar-refractivity contribution in [3.05, 3.63) is 29.8 Å². The maximum absolute atomic E-state index is 5.44. The van der Waals surface area contributed by atoms with E-state index in [1.165, 1.54) is 0 Å². The van der Waals surface area contributed by atoms with Gasteiger partial charge >= 0.3 is 0 Å². The molecule has 0 bridgehead atoms. The molecule has 3 N–H and O–H groups in total. The van der Waals surface area contributed by atoms with Crippen molar-refractivity contribution in [2.45, 2.75) is 13.5 Å². The second-order valence-electron chi connectivity index (χ2n) is 2.87. The number of imidazole rings is 1. The number of H-pyrrole nitrogens is 1. The number of aromatic nitrogens is 2. The Morgan fingerprint density at radius 1 is 1.54 bits per heavy atom. The van der Waals surface area contributed by atoms with Gasteiger partial charge in [0.1, 0.15) is 5.76 Å². The molecular formula is C9H11N3O. The van der Waals surface area contributed by atoms with E-state index in [9.17, 15) is 0 Å². The molecule has 2 aromatic heterocycles. The molecule has 0 unspecified atom stereocenters. The molecule has 68 valence electrons. The zero-order valence-corrected chi connectivity index (χ0v) is 7.37. The van der Waals surface area contributed by atoms with E-state index in [0.29, 0.717) is 6.54 Å². The highest BCUT2D eigenvalue weighted by molar-refractivity contribution is 5.47. The molecule has 0 radical (unpaired) electrons. The van der Waals surface area contributed by atoms with Crippen LogP contribution in [0.1, 0.15) is 11.5 Å². The van der Waals surface area contributed by atoms with Crippen LogP contribution in [-0.4, -0.2) is 9.97 Å². The van der Waals surface area contributed by atoms with Gasteiger partial charge < -0.3 is 15.1 Å². The van der Waals surface area contributed by atoms with Gasteiger partial charge in [0.25, 0.3) is 0 Å². The van der Waals surface area contributed by atoms with Gasteiger partial charge in [-0.15, -0.1) is 0 Å². The first-order valence-electron chi connectivity index (χ1n) is 4.10. The molecule has 0 aliphatic rings. The standard InChI is InChI=1S/C9H11N3O/c1-6-2-3-8(13-6)9-11-5-7(4-10)12-9/h2-3,5H,4,10H2,1H3,(H,11,12). The largest absolute Gasteiger partial charge is 0.458 e. The van der Waals surface area contributed by atoms with Crippen LogP contribution in [0.4, 0.5) is 0 Å². The summed E-state index contributed by atoms with van der Waals surface area (Å²) < 4.78 is 5.39. The lowest BCUT2D eigenvalue weighted by molar-refractivity contribution is 0.544. The third-order valence-corrected chi connectivity index (χ3v) is 1.82. The van der Waals surface area contributed by atoms with Crippen molar-refractivity contribution >= 4 is 0 Å². The average molecular weight is 177 g/mol. The van der Waals surface area contributed by atoms with Crippen LogP contribution in [0.2, 0.25) is 0 Å². The number of hydrogen-bond donors (Lipinski definition) is 2. The highest BCUT2D eigenvalue weighted by atomic mass is 16.3. The fourth-order valence-electron chi connectivity index (χ4n) is 1.15. The van der Waals surface area contributed by atoms with Crippen molar-refractivity contribution in [3.8, 4) is 11.6 Å². The Hall–Kier alpha value is -1.55. The molecule has 2 heterocycles. The van der Waals surface area contributed by atoms with Gasteiger partial charge in [-0.3, -0.25) is 0 Å². The van der Waals surface area contributed by atoms with E-state index in [2.05, 4.69) is 9.97 Å². The van der Waals surface area contributed by atoms with Gasteiger partial charge in [0, 0.05) is 12.2 Å². The van der Waals surface area contributed by atoms with Crippen molar-refractivity contribution in [1.82, 2.24) is 9.97 Å². The first-order valence-corrected chi connectivity index (χ1v) is 4.10. The van der Waals surface area contributed by atoms with E-state index in [0.717, 1.165) is 23.0 Å². The van der Waals surface area contributed by atoms with Gasteiger partial charge in [-0.25, -0.2) is 4.98 Å². The molecule has 4 nitrogen and oxygen atoms in total. The maximum atomic E-state index is 5.44. The Morgan fingerprint density at radius 3 is 2.92 bits per heavy atom. The minimum absolute atomic E-state index is 0.465. The summed E-state index contributed by atoms with van der Waals surface area (Å²) in [7, 11) is 0. The summed E-state index contributed by atoms with van der Waals surface area (Å²) in [6.07, 6.45) is 1.72. The second kappa shape index (κ2) is 3.06. The molecule has 0 atom stereocenters. The van der Waals surface area contributed by atoms with Crippen molar-refractivity contribution in [3.63, 3.8) is 0 Å². The number of aromatic amines is 1. The molecule has 0 aliphatic heterocycles. The number of nitrogens with zero attached hydrogens (tertiary/aromatic N) is 1. The quantitative estimate of drug-likeness (QED) is 0.729. The molecule has 0 saturated heterocycles. The summed E-state index contributed by atoms with van der Waals surface area (Å²) in [5.74, 6) is 2.35. The Morgan fingerprint density at radius 2 is 2.38 bits per heavy atom. The molecule has 0 saturated carbocycles. The van der Waals surface area contributed by atoms with Crippen LogP contribution >= 0.6 is 0 Å². The molecule has 2 aromatic rings. The van der Waals surface area contributed by atoms with Crippen LogP contribution in [0.3, 0.4) is 0 Å². The van der Waals surface area contributed by atoms with Gasteiger partial charge in [0.05, 0.1) is 6.20 Å². The molecule has 0 aliphatic carbocycles. The number of nitrogens with one attached hydrogen (secondary N) is 1. The monoisotopic (exact) mass is 177 g/mol. The topological polar surface area (TPSA) is 67.8 Å². The third-order valence-electron chi connectivity index (χ3n) is 1.82. The van der Waals surface area contributed by atoms with Gasteiger partial charge in [-0.1, -0.05) is 0 Å². The maximum Gasteiger partial charge on any atom is 0.173 e. The number of furan rings is 1. The number of rotatable bonds is 2. The summed E-state index contributed by atoms with van der Waals surface area (Å²) in [6, 6.07) is 3.79. The van der Waals surface area contributed by atoms with E-state index in [1.54, 1.807) is 6.20 Å². The fourth-order valence-corrected chi connectivity index (χ4v) is 1.15. The molecule has 0 aromatic carbocycles. The summed E-state index contributed by atoms with van der Waals surface area (Å²) in [6.45, 7) is 2.36. The molecule has 13 heavy (non-hydrogen) atoms. The second-order valence-corrected chi connectivity index (χ2v) is 2.87. The van der Waals surface area contributed by atoms with E-state index < -0.39 is 0 Å².